The molecule has 2 heteroatoms. The lowest BCUT2D eigenvalue weighted by molar-refractivity contribution is 0.117. The van der Waals surface area contributed by atoms with Gasteiger partial charge in [-0.05, 0) is 61.7 Å². The van der Waals surface area contributed by atoms with Crippen LogP contribution < -0.4 is 0 Å². The van der Waals surface area contributed by atoms with Crippen molar-refractivity contribution in [3.63, 3.8) is 0 Å². The Morgan fingerprint density at radius 2 is 1.61 bits per heavy atom. The van der Waals surface area contributed by atoms with Crippen molar-refractivity contribution in [1.29, 1.82) is 0 Å². The smallest absolute Gasteiger partial charge is 0.0900 e. The number of fused-ring (bicyclic) bond motifs is 4. The predicted octanol–water partition coefficient (Wildman–Crippen LogP) is 4.54. The molecule has 1 aliphatic heterocycles. The van der Waals surface area contributed by atoms with Gasteiger partial charge in [-0.3, -0.25) is 0 Å². The van der Waals surface area contributed by atoms with E-state index in [-0.39, 0.29) is 0 Å². The highest BCUT2D eigenvalue weighted by atomic mass is 15.2. The lowest BCUT2D eigenvalue weighted by atomic mass is 9.64. The van der Waals surface area contributed by atoms with Crippen LogP contribution in [-0.2, 0) is 0 Å². The SMILES string of the molecule is C1CCC2C(C1)C1CCCC3CC4=C(N=N4)C2C31. The quantitative estimate of drug-likeness (QED) is 0.596. The minimum atomic E-state index is 0.840. The summed E-state index contributed by atoms with van der Waals surface area (Å²) in [6.45, 7) is 0. The van der Waals surface area contributed by atoms with Gasteiger partial charge in [-0.1, -0.05) is 19.3 Å². The second-order valence-electron chi connectivity index (χ2n) is 7.31. The van der Waals surface area contributed by atoms with Gasteiger partial charge in [-0.2, -0.15) is 10.2 Å². The summed E-state index contributed by atoms with van der Waals surface area (Å²) >= 11 is 0. The summed E-state index contributed by atoms with van der Waals surface area (Å²) in [5.74, 6) is 5.91. The van der Waals surface area contributed by atoms with Gasteiger partial charge in [0.2, 0.25) is 0 Å². The van der Waals surface area contributed by atoms with Crippen molar-refractivity contribution >= 4 is 0 Å². The molecule has 0 radical (unpaired) electrons. The second-order valence-corrected chi connectivity index (χ2v) is 7.31. The molecule has 5 rings (SSSR count). The van der Waals surface area contributed by atoms with E-state index in [2.05, 4.69) is 10.2 Å². The molecule has 0 aromatic carbocycles. The van der Waals surface area contributed by atoms with E-state index in [0.29, 0.717) is 0 Å². The highest BCUT2D eigenvalue weighted by Crippen LogP contribution is 2.65. The van der Waals surface area contributed by atoms with E-state index in [1.165, 1.54) is 62.8 Å². The molecular weight excluding hydrogens is 220 g/mol. The molecule has 0 bridgehead atoms. The van der Waals surface area contributed by atoms with Crippen molar-refractivity contribution in [3.05, 3.63) is 11.4 Å². The third kappa shape index (κ3) is 1.11. The number of allylic oxidation sites excluding steroid dienone is 2. The Hall–Kier alpha value is -0.660. The fourth-order valence-electron chi connectivity index (χ4n) is 6.31. The molecule has 0 saturated heterocycles. The van der Waals surface area contributed by atoms with Gasteiger partial charge < -0.3 is 0 Å². The molecule has 2 nitrogen and oxygen atoms in total. The number of hydrogen-bond acceptors (Lipinski definition) is 2. The van der Waals surface area contributed by atoms with Gasteiger partial charge in [-0.25, -0.2) is 0 Å². The summed E-state index contributed by atoms with van der Waals surface area (Å²) in [5.41, 5.74) is 2.88. The Labute approximate surface area is 109 Å². The van der Waals surface area contributed by atoms with Gasteiger partial charge in [0.25, 0.3) is 0 Å². The first-order chi connectivity index (χ1) is 8.93. The Morgan fingerprint density at radius 1 is 0.778 bits per heavy atom. The van der Waals surface area contributed by atoms with Gasteiger partial charge in [0.15, 0.2) is 0 Å². The van der Waals surface area contributed by atoms with Crippen molar-refractivity contribution in [3.8, 4) is 0 Å². The summed E-state index contributed by atoms with van der Waals surface area (Å²) in [6, 6.07) is 0. The Balaban J connectivity index is 1.61. The minimum absolute atomic E-state index is 0.840. The van der Waals surface area contributed by atoms with Crippen molar-refractivity contribution in [2.24, 2.45) is 45.7 Å². The van der Waals surface area contributed by atoms with Crippen molar-refractivity contribution in [2.45, 2.75) is 51.4 Å². The largest absolute Gasteiger partial charge is 0.153 e. The van der Waals surface area contributed by atoms with Gasteiger partial charge in [0.1, 0.15) is 0 Å². The minimum Gasteiger partial charge on any atom is -0.153 e. The molecule has 0 aromatic rings. The highest BCUT2D eigenvalue weighted by molar-refractivity contribution is 5.29. The summed E-state index contributed by atoms with van der Waals surface area (Å²) in [6.07, 6.45) is 11.7. The first-order valence-corrected chi connectivity index (χ1v) is 8.08. The molecule has 4 aliphatic carbocycles. The van der Waals surface area contributed by atoms with Crippen LogP contribution in [0, 0.1) is 35.5 Å². The van der Waals surface area contributed by atoms with E-state index >= 15 is 0 Å². The van der Waals surface area contributed by atoms with E-state index < -0.39 is 0 Å². The van der Waals surface area contributed by atoms with Gasteiger partial charge in [0.05, 0.1) is 11.4 Å². The molecule has 3 fully saturated rings. The third-order valence-electron chi connectivity index (χ3n) is 6.80. The Kier molecular flexibility index (Phi) is 1.95. The molecular formula is C16H22N2. The molecule has 0 aromatic heterocycles. The maximum Gasteiger partial charge on any atom is 0.0900 e. The topological polar surface area (TPSA) is 24.7 Å². The fraction of sp³-hybridized carbons (Fsp3) is 0.875. The van der Waals surface area contributed by atoms with Crippen LogP contribution in [0.25, 0.3) is 0 Å². The number of azo groups is 1. The first-order valence-electron chi connectivity index (χ1n) is 8.08. The number of nitrogens with zero attached hydrogens (tertiary/aromatic N) is 2. The van der Waals surface area contributed by atoms with Crippen LogP contribution in [0.2, 0.25) is 0 Å². The Bertz CT molecular complexity index is 450. The standard InChI is InChI=1S/C16H22N2/c1-2-6-12-10(5-1)11-7-3-4-9-8-13-16(18-17-13)15(12)14(9)11/h9-12,14-15H,1-8H2. The van der Waals surface area contributed by atoms with E-state index in [1.54, 1.807) is 0 Å². The summed E-state index contributed by atoms with van der Waals surface area (Å²) in [7, 11) is 0. The maximum absolute atomic E-state index is 4.46. The zero-order chi connectivity index (χ0) is 11.7. The van der Waals surface area contributed by atoms with Crippen LogP contribution >= 0.6 is 0 Å². The molecule has 96 valence electrons. The van der Waals surface area contributed by atoms with Crippen molar-refractivity contribution in [2.75, 3.05) is 0 Å². The molecule has 6 atom stereocenters. The molecule has 18 heavy (non-hydrogen) atoms. The molecule has 6 unspecified atom stereocenters. The number of hydrogen-bond donors (Lipinski definition) is 0. The summed E-state index contributed by atoms with van der Waals surface area (Å²) in [5, 5.41) is 8.80. The van der Waals surface area contributed by atoms with Crippen LogP contribution in [0.15, 0.2) is 21.6 Å². The molecule has 0 spiro atoms. The van der Waals surface area contributed by atoms with E-state index in [9.17, 15) is 0 Å². The zero-order valence-electron chi connectivity index (χ0n) is 11.0. The molecule has 0 amide bonds. The molecule has 3 saturated carbocycles. The average molecular weight is 242 g/mol. The molecule has 1 heterocycles. The zero-order valence-corrected chi connectivity index (χ0v) is 11.0. The highest BCUT2D eigenvalue weighted by Gasteiger charge is 2.58. The fourth-order valence-corrected chi connectivity index (χ4v) is 6.31. The molecule has 0 N–H and O–H groups in total. The first kappa shape index (κ1) is 10.2. The summed E-state index contributed by atoms with van der Waals surface area (Å²) in [4.78, 5) is 0. The normalized spacial score (nSPS) is 52.4. The van der Waals surface area contributed by atoms with Crippen LogP contribution in [0.1, 0.15) is 51.4 Å². The average Bonchev–Trinajstić information content (AvgIpc) is 2.71. The van der Waals surface area contributed by atoms with Crippen LogP contribution in [0.4, 0.5) is 0 Å². The predicted molar refractivity (Wildman–Crippen MR) is 69.8 cm³/mol. The number of rotatable bonds is 0. The van der Waals surface area contributed by atoms with Gasteiger partial charge >= 0.3 is 0 Å². The second kappa shape index (κ2) is 3.46. The Morgan fingerprint density at radius 3 is 2.44 bits per heavy atom. The lowest BCUT2D eigenvalue weighted by Crippen LogP contribution is -2.35. The van der Waals surface area contributed by atoms with Crippen LogP contribution in [0.5, 0.6) is 0 Å². The van der Waals surface area contributed by atoms with E-state index in [1.807, 2.05) is 0 Å². The molecule has 5 aliphatic rings. The van der Waals surface area contributed by atoms with E-state index in [4.69, 9.17) is 0 Å². The summed E-state index contributed by atoms with van der Waals surface area (Å²) < 4.78 is 0. The van der Waals surface area contributed by atoms with Crippen molar-refractivity contribution < 1.29 is 0 Å². The maximum atomic E-state index is 4.46. The van der Waals surface area contributed by atoms with Crippen LogP contribution in [-0.4, -0.2) is 0 Å². The van der Waals surface area contributed by atoms with Crippen LogP contribution in [0.3, 0.4) is 0 Å². The van der Waals surface area contributed by atoms with Gasteiger partial charge in [-0.15, -0.1) is 0 Å². The van der Waals surface area contributed by atoms with Gasteiger partial charge in [0, 0.05) is 5.92 Å². The third-order valence-corrected chi connectivity index (χ3v) is 6.80. The lowest BCUT2D eigenvalue weighted by Gasteiger charge is -2.43. The monoisotopic (exact) mass is 242 g/mol. The van der Waals surface area contributed by atoms with E-state index in [0.717, 1.165) is 35.5 Å². The van der Waals surface area contributed by atoms with Crippen molar-refractivity contribution in [1.82, 2.24) is 0 Å².